The van der Waals surface area contributed by atoms with Gasteiger partial charge in [0.1, 0.15) is 11.6 Å². The highest BCUT2D eigenvalue weighted by molar-refractivity contribution is 6.09. The summed E-state index contributed by atoms with van der Waals surface area (Å²) in [5, 5.41) is 0. The summed E-state index contributed by atoms with van der Waals surface area (Å²) < 4.78 is 0. The maximum absolute atomic E-state index is 10.8. The summed E-state index contributed by atoms with van der Waals surface area (Å²) in [6.45, 7) is 0. The second-order valence-electron chi connectivity index (χ2n) is 2.90. The molecule has 0 spiro atoms. The number of Topliss-reactive ketones (excluding diaryl/α,β-unsaturated/α-hetero) is 2. The molecule has 2 fully saturated rings. The molecule has 0 radical (unpaired) electrons. The Kier molecular flexibility index (Phi) is 0.821. The van der Waals surface area contributed by atoms with Gasteiger partial charge < -0.3 is 0 Å². The molecular weight excluding hydrogens is 116 g/mol. The molecule has 2 rings (SSSR count). The quantitative estimate of drug-likeness (QED) is 0.442. The molecule has 0 heterocycles. The van der Waals surface area contributed by atoms with Crippen LogP contribution in [0.3, 0.4) is 0 Å². The molecule has 0 aromatic heterocycles. The van der Waals surface area contributed by atoms with Gasteiger partial charge in [-0.05, 0) is 12.8 Å². The van der Waals surface area contributed by atoms with Crippen molar-refractivity contribution in [1.82, 2.24) is 0 Å². The summed E-state index contributed by atoms with van der Waals surface area (Å²) in [4.78, 5) is 21.7. The average Bonchev–Trinajstić information content (AvgIpc) is 1.73. The van der Waals surface area contributed by atoms with Gasteiger partial charge in [-0.2, -0.15) is 0 Å². The van der Waals surface area contributed by atoms with Crippen LogP contribution in [-0.2, 0) is 9.59 Å². The predicted molar refractivity (Wildman–Crippen MR) is 30.8 cm³/mol. The normalized spacial score (nSPS) is 40.4. The highest BCUT2D eigenvalue weighted by Crippen LogP contribution is 2.41. The van der Waals surface area contributed by atoms with Gasteiger partial charge >= 0.3 is 0 Å². The van der Waals surface area contributed by atoms with Crippen molar-refractivity contribution < 1.29 is 9.59 Å². The number of ketones is 2. The molecule has 0 bridgehead atoms. The molecule has 2 heteroatoms. The predicted octanol–water partition coefficient (Wildman–Crippen LogP) is 0.554. The Bertz CT molecular complexity index is 163. The Morgan fingerprint density at radius 2 is 1.44 bits per heavy atom. The lowest BCUT2D eigenvalue weighted by Gasteiger charge is -2.26. The summed E-state index contributed by atoms with van der Waals surface area (Å²) >= 11 is 0. The first-order chi connectivity index (χ1) is 4.29. The van der Waals surface area contributed by atoms with Gasteiger partial charge in [0.25, 0.3) is 0 Å². The van der Waals surface area contributed by atoms with E-state index in [0.29, 0.717) is 0 Å². The molecule has 0 aromatic rings. The number of carbonyl (C=O) groups is 2. The number of carbonyl (C=O) groups excluding carboxylic acids is 2. The summed E-state index contributed by atoms with van der Waals surface area (Å²) in [6, 6.07) is 0. The van der Waals surface area contributed by atoms with Crippen LogP contribution in [-0.4, -0.2) is 11.6 Å². The van der Waals surface area contributed by atoms with Crippen molar-refractivity contribution in [2.24, 2.45) is 11.8 Å². The second kappa shape index (κ2) is 1.43. The lowest BCUT2D eigenvalue weighted by atomic mass is 9.76. The largest absolute Gasteiger partial charge is 0.299 e. The van der Waals surface area contributed by atoms with E-state index in [9.17, 15) is 9.59 Å². The van der Waals surface area contributed by atoms with Crippen molar-refractivity contribution in [2.75, 3.05) is 0 Å². The molecule has 2 aliphatic rings. The monoisotopic (exact) mass is 124 g/mol. The van der Waals surface area contributed by atoms with Crippen LogP contribution in [0.5, 0.6) is 0 Å². The van der Waals surface area contributed by atoms with Crippen LogP contribution in [0, 0.1) is 11.8 Å². The summed E-state index contributed by atoms with van der Waals surface area (Å²) in [7, 11) is 0. The molecule has 2 saturated carbocycles. The molecule has 2 aliphatic carbocycles. The minimum atomic E-state index is 0.150. The number of hydrogen-bond donors (Lipinski definition) is 0. The van der Waals surface area contributed by atoms with Crippen LogP contribution in [0.15, 0.2) is 0 Å². The van der Waals surface area contributed by atoms with Crippen LogP contribution in [0.2, 0.25) is 0 Å². The maximum atomic E-state index is 10.8. The van der Waals surface area contributed by atoms with E-state index in [1.165, 1.54) is 0 Å². The fourth-order valence-electron chi connectivity index (χ4n) is 1.70. The molecule has 48 valence electrons. The van der Waals surface area contributed by atoms with E-state index in [1.54, 1.807) is 0 Å². The maximum Gasteiger partial charge on any atom is 0.144 e. The van der Waals surface area contributed by atoms with Crippen molar-refractivity contribution in [1.29, 1.82) is 0 Å². The van der Waals surface area contributed by atoms with Gasteiger partial charge in [-0.1, -0.05) is 0 Å². The Labute approximate surface area is 53.2 Å². The standard InChI is InChI=1S/C7H8O2/c8-6-3-7(9)5-2-1-4(5)6/h4-5H,1-3H2. The van der Waals surface area contributed by atoms with Crippen LogP contribution in [0.4, 0.5) is 0 Å². The van der Waals surface area contributed by atoms with Gasteiger partial charge in [0.05, 0.1) is 6.42 Å². The Morgan fingerprint density at radius 3 is 1.67 bits per heavy atom. The van der Waals surface area contributed by atoms with Gasteiger partial charge in [-0.3, -0.25) is 9.59 Å². The SMILES string of the molecule is O=C1CC(=O)C2CCC12. The number of hydrogen-bond acceptors (Lipinski definition) is 2. The molecule has 2 nitrogen and oxygen atoms in total. The highest BCUT2D eigenvalue weighted by Gasteiger charge is 2.47. The zero-order chi connectivity index (χ0) is 6.43. The molecule has 2 unspecified atom stereocenters. The van der Waals surface area contributed by atoms with E-state index in [1.807, 2.05) is 0 Å². The Morgan fingerprint density at radius 1 is 1.00 bits per heavy atom. The van der Waals surface area contributed by atoms with E-state index < -0.39 is 0 Å². The van der Waals surface area contributed by atoms with Gasteiger partial charge in [-0.25, -0.2) is 0 Å². The average molecular weight is 124 g/mol. The fraction of sp³-hybridized carbons (Fsp3) is 0.714. The first-order valence-electron chi connectivity index (χ1n) is 3.34. The van der Waals surface area contributed by atoms with Gasteiger partial charge in [-0.15, -0.1) is 0 Å². The minimum Gasteiger partial charge on any atom is -0.299 e. The summed E-state index contributed by atoms with van der Waals surface area (Å²) in [5.41, 5.74) is 0. The Hall–Kier alpha value is -0.660. The summed E-state index contributed by atoms with van der Waals surface area (Å²) in [5.74, 6) is 0.683. The van der Waals surface area contributed by atoms with E-state index in [2.05, 4.69) is 0 Å². The molecule has 0 amide bonds. The molecule has 0 aliphatic heterocycles. The van der Waals surface area contributed by atoms with Gasteiger partial charge in [0, 0.05) is 11.8 Å². The Balaban J connectivity index is 2.26. The van der Waals surface area contributed by atoms with Gasteiger partial charge in [0.15, 0.2) is 0 Å². The van der Waals surface area contributed by atoms with Crippen molar-refractivity contribution in [3.63, 3.8) is 0 Å². The topological polar surface area (TPSA) is 34.1 Å². The van der Waals surface area contributed by atoms with Gasteiger partial charge in [0.2, 0.25) is 0 Å². The first-order valence-corrected chi connectivity index (χ1v) is 3.34. The smallest absolute Gasteiger partial charge is 0.144 e. The van der Waals surface area contributed by atoms with Crippen molar-refractivity contribution in [2.45, 2.75) is 19.3 Å². The number of rotatable bonds is 0. The molecule has 9 heavy (non-hydrogen) atoms. The van der Waals surface area contributed by atoms with E-state index in [4.69, 9.17) is 0 Å². The zero-order valence-electron chi connectivity index (χ0n) is 5.09. The first kappa shape index (κ1) is 5.15. The van der Waals surface area contributed by atoms with Crippen molar-refractivity contribution in [3.8, 4) is 0 Å². The molecule has 2 atom stereocenters. The lowest BCUT2D eigenvalue weighted by molar-refractivity contribution is -0.123. The van der Waals surface area contributed by atoms with Crippen LogP contribution in [0.1, 0.15) is 19.3 Å². The molecular formula is C7H8O2. The van der Waals surface area contributed by atoms with E-state index in [-0.39, 0.29) is 29.8 Å². The second-order valence-corrected chi connectivity index (χ2v) is 2.90. The zero-order valence-corrected chi connectivity index (χ0v) is 5.09. The van der Waals surface area contributed by atoms with E-state index >= 15 is 0 Å². The third kappa shape index (κ3) is 0.506. The van der Waals surface area contributed by atoms with Crippen molar-refractivity contribution in [3.05, 3.63) is 0 Å². The number of fused-ring (bicyclic) bond motifs is 1. The molecule has 0 aromatic carbocycles. The van der Waals surface area contributed by atoms with Crippen molar-refractivity contribution >= 4 is 11.6 Å². The highest BCUT2D eigenvalue weighted by atomic mass is 16.2. The third-order valence-corrected chi connectivity index (χ3v) is 2.45. The lowest BCUT2D eigenvalue weighted by Crippen LogP contribution is -2.27. The minimum absolute atomic E-state index is 0.150. The van der Waals surface area contributed by atoms with E-state index in [0.717, 1.165) is 12.8 Å². The molecule has 0 saturated heterocycles. The summed E-state index contributed by atoms with van der Waals surface area (Å²) in [6.07, 6.45) is 2.17. The molecule has 0 N–H and O–H groups in total. The van der Waals surface area contributed by atoms with Crippen LogP contribution in [0.25, 0.3) is 0 Å². The van der Waals surface area contributed by atoms with Crippen LogP contribution >= 0.6 is 0 Å². The van der Waals surface area contributed by atoms with Crippen LogP contribution < -0.4 is 0 Å². The fourth-order valence-corrected chi connectivity index (χ4v) is 1.70. The third-order valence-electron chi connectivity index (χ3n) is 2.45.